The van der Waals surface area contributed by atoms with Crippen molar-refractivity contribution in [2.24, 2.45) is 11.7 Å². The van der Waals surface area contributed by atoms with E-state index in [1.165, 1.54) is 35.7 Å². The number of aromatic amines is 1. The van der Waals surface area contributed by atoms with Crippen LogP contribution >= 0.6 is 12.4 Å². The Balaban J connectivity index is 0.000000963. The lowest BCUT2D eigenvalue weighted by Crippen LogP contribution is -2.26. The summed E-state index contributed by atoms with van der Waals surface area (Å²) in [5.41, 5.74) is 8.72. The molecule has 2 aromatic rings. The van der Waals surface area contributed by atoms with Gasteiger partial charge in [0.1, 0.15) is 0 Å². The van der Waals surface area contributed by atoms with E-state index in [4.69, 9.17) is 5.73 Å². The minimum absolute atomic E-state index is 0. The first kappa shape index (κ1) is 11.5. The van der Waals surface area contributed by atoms with Gasteiger partial charge in [0, 0.05) is 17.8 Å². The van der Waals surface area contributed by atoms with E-state index < -0.39 is 0 Å². The smallest absolute Gasteiger partial charge is 0.0457 e. The molecule has 0 saturated heterocycles. The quantitative estimate of drug-likeness (QED) is 0.825. The van der Waals surface area contributed by atoms with E-state index in [2.05, 4.69) is 29.2 Å². The van der Waals surface area contributed by atoms with E-state index in [1.807, 2.05) is 6.20 Å². The summed E-state index contributed by atoms with van der Waals surface area (Å²) in [7, 11) is 0. The Labute approximate surface area is 102 Å². The summed E-state index contributed by atoms with van der Waals surface area (Å²) in [6.07, 6.45) is 5.92. The predicted molar refractivity (Wildman–Crippen MR) is 69.8 cm³/mol. The number of rotatable bonds is 2. The first-order chi connectivity index (χ1) is 7.34. The molecule has 1 fully saturated rings. The largest absolute Gasteiger partial charge is 0.361 e. The molecule has 86 valence electrons. The van der Waals surface area contributed by atoms with Gasteiger partial charge < -0.3 is 10.7 Å². The van der Waals surface area contributed by atoms with Crippen LogP contribution in [0.3, 0.4) is 0 Å². The second kappa shape index (κ2) is 4.48. The number of nitrogens with two attached hydrogens (primary N) is 1. The van der Waals surface area contributed by atoms with Gasteiger partial charge in [0.15, 0.2) is 0 Å². The first-order valence-corrected chi connectivity index (χ1v) is 5.67. The highest BCUT2D eigenvalue weighted by Crippen LogP contribution is 2.36. The van der Waals surface area contributed by atoms with Crippen LogP contribution in [0, 0.1) is 5.92 Å². The Morgan fingerprint density at radius 2 is 2.06 bits per heavy atom. The molecule has 1 aliphatic rings. The molecule has 0 amide bonds. The molecule has 1 aliphatic carbocycles. The minimum Gasteiger partial charge on any atom is -0.361 e. The first-order valence-electron chi connectivity index (χ1n) is 5.67. The van der Waals surface area contributed by atoms with Crippen molar-refractivity contribution >= 4 is 23.3 Å². The molecular weight excluding hydrogens is 220 g/mol. The molecule has 3 heteroatoms. The lowest BCUT2D eigenvalue weighted by atomic mass is 9.77. The predicted octanol–water partition coefficient (Wildman–Crippen LogP) is 3.39. The molecule has 1 saturated carbocycles. The second-order valence-electron chi connectivity index (χ2n) is 4.54. The molecular formula is C13H17ClN2. The zero-order chi connectivity index (χ0) is 10.3. The highest BCUT2D eigenvalue weighted by atomic mass is 35.5. The second-order valence-corrected chi connectivity index (χ2v) is 4.54. The Hall–Kier alpha value is -0.990. The average molecular weight is 237 g/mol. The number of H-pyrrole nitrogens is 1. The topological polar surface area (TPSA) is 41.8 Å². The van der Waals surface area contributed by atoms with Gasteiger partial charge in [-0.15, -0.1) is 12.4 Å². The normalized spacial score (nSPS) is 17.8. The van der Waals surface area contributed by atoms with E-state index in [0.717, 1.165) is 0 Å². The molecule has 0 unspecified atom stereocenters. The number of fused-ring (bicyclic) bond motifs is 1. The number of benzene rings is 1. The molecule has 0 spiro atoms. The fourth-order valence-corrected chi connectivity index (χ4v) is 2.34. The van der Waals surface area contributed by atoms with Gasteiger partial charge in [-0.2, -0.15) is 0 Å². The number of hydrogen-bond acceptors (Lipinski definition) is 1. The zero-order valence-corrected chi connectivity index (χ0v) is 9.96. The molecule has 3 rings (SSSR count). The molecule has 0 bridgehead atoms. The van der Waals surface area contributed by atoms with E-state index in [-0.39, 0.29) is 18.4 Å². The summed E-state index contributed by atoms with van der Waals surface area (Å²) in [6.45, 7) is 0. The third kappa shape index (κ3) is 1.83. The van der Waals surface area contributed by atoms with Crippen molar-refractivity contribution in [3.8, 4) is 0 Å². The molecule has 2 nitrogen and oxygen atoms in total. The van der Waals surface area contributed by atoms with Crippen LogP contribution in [0.4, 0.5) is 0 Å². The molecule has 1 aromatic heterocycles. The third-order valence-electron chi connectivity index (χ3n) is 3.62. The summed E-state index contributed by atoms with van der Waals surface area (Å²) in [4.78, 5) is 3.23. The Morgan fingerprint density at radius 3 is 2.75 bits per heavy atom. The van der Waals surface area contributed by atoms with Gasteiger partial charge in [-0.1, -0.05) is 18.6 Å². The van der Waals surface area contributed by atoms with Crippen LogP contribution in [-0.2, 0) is 0 Å². The SMILES string of the molecule is Cl.N[C@H](c1ccc2cc[nH]c2c1)C1CCC1. The molecule has 1 atom stereocenters. The van der Waals surface area contributed by atoms with E-state index in [9.17, 15) is 0 Å². The number of halogens is 1. The summed E-state index contributed by atoms with van der Waals surface area (Å²) in [5.74, 6) is 0.706. The Morgan fingerprint density at radius 1 is 1.25 bits per heavy atom. The van der Waals surface area contributed by atoms with Crippen molar-refractivity contribution in [2.45, 2.75) is 25.3 Å². The van der Waals surface area contributed by atoms with Gasteiger partial charge in [-0.05, 0) is 41.8 Å². The average Bonchev–Trinajstić information content (AvgIpc) is 2.61. The highest BCUT2D eigenvalue weighted by molar-refractivity contribution is 5.85. The van der Waals surface area contributed by atoms with Gasteiger partial charge >= 0.3 is 0 Å². The number of nitrogens with one attached hydrogen (secondary N) is 1. The molecule has 1 aromatic carbocycles. The van der Waals surface area contributed by atoms with Crippen molar-refractivity contribution < 1.29 is 0 Å². The fourth-order valence-electron chi connectivity index (χ4n) is 2.34. The van der Waals surface area contributed by atoms with Crippen LogP contribution in [0.2, 0.25) is 0 Å². The van der Waals surface area contributed by atoms with Crippen molar-refractivity contribution in [1.29, 1.82) is 0 Å². The monoisotopic (exact) mass is 236 g/mol. The van der Waals surface area contributed by atoms with Crippen molar-refractivity contribution in [2.75, 3.05) is 0 Å². The Kier molecular flexibility index (Phi) is 3.22. The van der Waals surface area contributed by atoms with Gasteiger partial charge in [0.05, 0.1) is 0 Å². The lowest BCUT2D eigenvalue weighted by Gasteiger charge is -2.31. The number of aromatic nitrogens is 1. The van der Waals surface area contributed by atoms with Gasteiger partial charge in [-0.25, -0.2) is 0 Å². The maximum absolute atomic E-state index is 6.25. The highest BCUT2D eigenvalue weighted by Gasteiger charge is 2.25. The van der Waals surface area contributed by atoms with E-state index in [0.29, 0.717) is 5.92 Å². The lowest BCUT2D eigenvalue weighted by molar-refractivity contribution is 0.264. The van der Waals surface area contributed by atoms with Crippen LogP contribution in [-0.4, -0.2) is 4.98 Å². The van der Waals surface area contributed by atoms with Gasteiger partial charge in [0.2, 0.25) is 0 Å². The van der Waals surface area contributed by atoms with Gasteiger partial charge in [0.25, 0.3) is 0 Å². The maximum atomic E-state index is 6.25. The molecule has 0 aliphatic heterocycles. The van der Waals surface area contributed by atoms with Crippen molar-refractivity contribution in [1.82, 2.24) is 4.98 Å². The zero-order valence-electron chi connectivity index (χ0n) is 9.15. The number of hydrogen-bond donors (Lipinski definition) is 2. The minimum atomic E-state index is 0. The van der Waals surface area contributed by atoms with Crippen LogP contribution < -0.4 is 5.73 Å². The summed E-state index contributed by atoms with van der Waals surface area (Å²) < 4.78 is 0. The molecule has 16 heavy (non-hydrogen) atoms. The summed E-state index contributed by atoms with van der Waals surface area (Å²) in [6, 6.07) is 8.83. The van der Waals surface area contributed by atoms with Crippen LogP contribution in [0.15, 0.2) is 30.5 Å². The Bertz CT molecular complexity index is 473. The maximum Gasteiger partial charge on any atom is 0.0457 e. The molecule has 3 N–H and O–H groups in total. The van der Waals surface area contributed by atoms with E-state index in [1.54, 1.807) is 0 Å². The van der Waals surface area contributed by atoms with Crippen molar-refractivity contribution in [3.63, 3.8) is 0 Å². The fraction of sp³-hybridized carbons (Fsp3) is 0.385. The van der Waals surface area contributed by atoms with Crippen molar-refractivity contribution in [3.05, 3.63) is 36.0 Å². The van der Waals surface area contributed by atoms with Gasteiger partial charge in [-0.3, -0.25) is 0 Å². The summed E-state index contributed by atoms with van der Waals surface area (Å²) >= 11 is 0. The van der Waals surface area contributed by atoms with E-state index >= 15 is 0 Å². The van der Waals surface area contributed by atoms with Crippen LogP contribution in [0.5, 0.6) is 0 Å². The standard InChI is InChI=1S/C13H16N2.ClH/c14-13(10-2-1-3-10)11-5-4-9-6-7-15-12(9)8-11;/h4-8,10,13,15H,1-3,14H2;1H/t13-;/m0./s1. The van der Waals surface area contributed by atoms with Crippen LogP contribution in [0.1, 0.15) is 30.9 Å². The summed E-state index contributed by atoms with van der Waals surface area (Å²) in [5, 5.41) is 1.26. The third-order valence-corrected chi connectivity index (χ3v) is 3.62. The van der Waals surface area contributed by atoms with Crippen LogP contribution in [0.25, 0.3) is 10.9 Å². The molecule has 1 heterocycles. The molecule has 0 radical (unpaired) electrons.